The average Bonchev–Trinajstić information content (AvgIpc) is 2.88. The van der Waals surface area contributed by atoms with Crippen LogP contribution in [0.2, 0.25) is 5.15 Å². The van der Waals surface area contributed by atoms with E-state index in [-0.39, 0.29) is 16.6 Å². The highest BCUT2D eigenvalue weighted by molar-refractivity contribution is 7.22. The SMILES string of the molecule is O=C(O)c1ccc2sc(NC(=O)c3ccnc(Cl)c3)nc2c1. The van der Waals surface area contributed by atoms with Gasteiger partial charge in [-0.3, -0.25) is 10.1 Å². The van der Waals surface area contributed by atoms with E-state index < -0.39 is 5.97 Å². The van der Waals surface area contributed by atoms with Crippen LogP contribution in [0.25, 0.3) is 10.2 Å². The van der Waals surface area contributed by atoms with Crippen LogP contribution < -0.4 is 5.32 Å². The van der Waals surface area contributed by atoms with Crippen LogP contribution in [-0.2, 0) is 0 Å². The molecule has 0 aliphatic rings. The molecule has 0 saturated heterocycles. The van der Waals surface area contributed by atoms with Gasteiger partial charge in [0.15, 0.2) is 5.13 Å². The highest BCUT2D eigenvalue weighted by atomic mass is 35.5. The van der Waals surface area contributed by atoms with Gasteiger partial charge in [-0.25, -0.2) is 14.8 Å². The van der Waals surface area contributed by atoms with Crippen LogP contribution in [0.3, 0.4) is 0 Å². The van der Waals surface area contributed by atoms with Crippen molar-refractivity contribution in [2.45, 2.75) is 0 Å². The normalized spacial score (nSPS) is 10.6. The number of amides is 1. The second-order valence-corrected chi connectivity index (χ2v) is 5.75. The van der Waals surface area contributed by atoms with Gasteiger partial charge < -0.3 is 5.11 Å². The van der Waals surface area contributed by atoms with E-state index in [4.69, 9.17) is 16.7 Å². The number of aromatic nitrogens is 2. The van der Waals surface area contributed by atoms with Gasteiger partial charge in [0.25, 0.3) is 5.91 Å². The van der Waals surface area contributed by atoms with Crippen molar-refractivity contribution < 1.29 is 14.7 Å². The number of nitrogens with zero attached hydrogens (tertiary/aromatic N) is 2. The molecule has 3 aromatic rings. The average molecular weight is 334 g/mol. The molecule has 2 heterocycles. The summed E-state index contributed by atoms with van der Waals surface area (Å²) in [5.41, 5.74) is 1.04. The molecule has 2 aromatic heterocycles. The first kappa shape index (κ1) is 14.4. The summed E-state index contributed by atoms with van der Waals surface area (Å²) in [5, 5.41) is 12.2. The lowest BCUT2D eigenvalue weighted by Crippen LogP contribution is -2.11. The molecule has 0 aliphatic heterocycles. The number of carbonyl (C=O) groups is 2. The van der Waals surface area contributed by atoms with Gasteiger partial charge in [0.1, 0.15) is 5.15 Å². The molecule has 8 heteroatoms. The summed E-state index contributed by atoms with van der Waals surface area (Å²) < 4.78 is 0.785. The molecule has 0 radical (unpaired) electrons. The number of hydrogen-bond acceptors (Lipinski definition) is 5. The minimum absolute atomic E-state index is 0.150. The van der Waals surface area contributed by atoms with Gasteiger partial charge >= 0.3 is 5.97 Å². The van der Waals surface area contributed by atoms with Crippen molar-refractivity contribution in [1.82, 2.24) is 9.97 Å². The maximum Gasteiger partial charge on any atom is 0.335 e. The van der Waals surface area contributed by atoms with Gasteiger partial charge in [0, 0.05) is 11.8 Å². The van der Waals surface area contributed by atoms with Crippen LogP contribution in [-0.4, -0.2) is 27.0 Å². The summed E-state index contributed by atoms with van der Waals surface area (Å²) in [6, 6.07) is 7.61. The van der Waals surface area contributed by atoms with E-state index in [0.717, 1.165) is 4.70 Å². The van der Waals surface area contributed by atoms with E-state index in [2.05, 4.69) is 15.3 Å². The molecule has 110 valence electrons. The van der Waals surface area contributed by atoms with E-state index in [1.165, 1.54) is 41.8 Å². The molecule has 0 fully saturated rings. The predicted octanol–water partition coefficient (Wildman–Crippen LogP) is 3.30. The van der Waals surface area contributed by atoms with Crippen molar-refractivity contribution in [3.63, 3.8) is 0 Å². The van der Waals surface area contributed by atoms with Gasteiger partial charge in [0.05, 0.1) is 15.8 Å². The third-order valence-corrected chi connectivity index (χ3v) is 4.00. The summed E-state index contributed by atoms with van der Waals surface area (Å²) in [7, 11) is 0. The molecular weight excluding hydrogens is 326 g/mol. The molecule has 1 amide bonds. The van der Waals surface area contributed by atoms with Crippen LogP contribution in [0, 0.1) is 0 Å². The molecular formula is C14H8ClN3O3S. The maximum absolute atomic E-state index is 12.1. The van der Waals surface area contributed by atoms with Crippen LogP contribution in [0.5, 0.6) is 0 Å². The third-order valence-electron chi connectivity index (χ3n) is 2.84. The highest BCUT2D eigenvalue weighted by Gasteiger charge is 2.12. The zero-order valence-corrected chi connectivity index (χ0v) is 12.5. The molecule has 22 heavy (non-hydrogen) atoms. The molecule has 0 atom stereocenters. The number of fused-ring (bicyclic) bond motifs is 1. The van der Waals surface area contributed by atoms with E-state index in [0.29, 0.717) is 16.2 Å². The van der Waals surface area contributed by atoms with Gasteiger partial charge in [-0.1, -0.05) is 22.9 Å². The molecule has 3 rings (SSSR count). The highest BCUT2D eigenvalue weighted by Crippen LogP contribution is 2.27. The number of thiazole rings is 1. The summed E-state index contributed by atoms with van der Waals surface area (Å²) in [6.07, 6.45) is 1.44. The number of rotatable bonds is 3. The largest absolute Gasteiger partial charge is 0.478 e. The van der Waals surface area contributed by atoms with Crippen molar-refractivity contribution in [1.29, 1.82) is 0 Å². The van der Waals surface area contributed by atoms with Crippen molar-refractivity contribution in [3.05, 3.63) is 52.8 Å². The van der Waals surface area contributed by atoms with E-state index in [1.54, 1.807) is 6.07 Å². The van der Waals surface area contributed by atoms with Crippen molar-refractivity contribution in [3.8, 4) is 0 Å². The second kappa shape index (κ2) is 5.70. The van der Waals surface area contributed by atoms with Crippen LogP contribution >= 0.6 is 22.9 Å². The van der Waals surface area contributed by atoms with Crippen LogP contribution in [0.15, 0.2) is 36.5 Å². The number of benzene rings is 1. The topological polar surface area (TPSA) is 92.2 Å². The zero-order valence-electron chi connectivity index (χ0n) is 10.9. The Bertz CT molecular complexity index is 894. The van der Waals surface area contributed by atoms with Crippen molar-refractivity contribution in [2.75, 3.05) is 5.32 Å². The summed E-state index contributed by atoms with van der Waals surface area (Å²) in [4.78, 5) is 31.1. The summed E-state index contributed by atoms with van der Waals surface area (Å²) >= 11 is 7.00. The van der Waals surface area contributed by atoms with E-state index in [9.17, 15) is 9.59 Å². The summed E-state index contributed by atoms with van der Waals surface area (Å²) in [6.45, 7) is 0. The quantitative estimate of drug-likeness (QED) is 0.717. The number of anilines is 1. The van der Waals surface area contributed by atoms with Gasteiger partial charge in [-0.2, -0.15) is 0 Å². The molecule has 0 saturated carbocycles. The smallest absolute Gasteiger partial charge is 0.335 e. The molecule has 0 unspecified atom stereocenters. The fourth-order valence-electron chi connectivity index (χ4n) is 1.83. The second-order valence-electron chi connectivity index (χ2n) is 4.33. The fourth-order valence-corrected chi connectivity index (χ4v) is 2.84. The minimum atomic E-state index is -1.02. The Hall–Kier alpha value is -2.51. The maximum atomic E-state index is 12.1. The Labute approximate surface area is 133 Å². The molecule has 1 aromatic carbocycles. The molecule has 6 nitrogen and oxygen atoms in total. The predicted molar refractivity (Wildman–Crippen MR) is 83.8 cm³/mol. The van der Waals surface area contributed by atoms with Crippen LogP contribution in [0.4, 0.5) is 5.13 Å². The number of halogens is 1. The standard InChI is InChI=1S/C14H8ClN3O3S/c15-11-6-7(3-4-16-11)12(19)18-14-17-9-5-8(13(20)21)1-2-10(9)22-14/h1-6H,(H,20,21)(H,17,18,19). The monoisotopic (exact) mass is 333 g/mol. The zero-order chi connectivity index (χ0) is 15.7. The summed E-state index contributed by atoms with van der Waals surface area (Å²) in [5.74, 6) is -1.38. The number of carbonyl (C=O) groups excluding carboxylic acids is 1. The van der Waals surface area contributed by atoms with Crippen molar-refractivity contribution >= 4 is 50.2 Å². The number of pyridine rings is 1. The van der Waals surface area contributed by atoms with Gasteiger partial charge in [-0.05, 0) is 30.3 Å². The Kier molecular flexibility index (Phi) is 3.74. The van der Waals surface area contributed by atoms with Gasteiger partial charge in [0.2, 0.25) is 0 Å². The number of hydrogen-bond donors (Lipinski definition) is 2. The first-order valence-electron chi connectivity index (χ1n) is 6.10. The lowest BCUT2D eigenvalue weighted by molar-refractivity contribution is 0.0697. The lowest BCUT2D eigenvalue weighted by atomic mass is 10.2. The molecule has 2 N–H and O–H groups in total. The van der Waals surface area contributed by atoms with E-state index >= 15 is 0 Å². The Balaban J connectivity index is 1.87. The minimum Gasteiger partial charge on any atom is -0.478 e. The fraction of sp³-hybridized carbons (Fsp3) is 0. The Morgan fingerprint density at radius 1 is 1.18 bits per heavy atom. The first-order chi connectivity index (χ1) is 10.5. The Morgan fingerprint density at radius 2 is 2.00 bits per heavy atom. The first-order valence-corrected chi connectivity index (χ1v) is 7.29. The number of carboxylic acid groups (broad SMARTS) is 1. The number of nitrogens with one attached hydrogen (secondary N) is 1. The third kappa shape index (κ3) is 2.90. The van der Waals surface area contributed by atoms with E-state index in [1.807, 2.05) is 0 Å². The van der Waals surface area contributed by atoms with Crippen LogP contribution in [0.1, 0.15) is 20.7 Å². The molecule has 0 aliphatic carbocycles. The van der Waals surface area contributed by atoms with Crippen molar-refractivity contribution in [2.24, 2.45) is 0 Å². The number of aromatic carboxylic acids is 1. The van der Waals surface area contributed by atoms with Gasteiger partial charge in [-0.15, -0.1) is 0 Å². The number of carboxylic acids is 1. The molecule has 0 spiro atoms. The molecule has 0 bridgehead atoms. The lowest BCUT2D eigenvalue weighted by Gasteiger charge is -2.01. The Morgan fingerprint density at radius 3 is 2.73 bits per heavy atom.